The molecule has 3 nitrogen and oxygen atoms in total. The molecule has 1 aliphatic rings. The third kappa shape index (κ3) is 1.61. The molecule has 0 fully saturated rings. The van der Waals surface area contributed by atoms with Gasteiger partial charge in [0.25, 0.3) is 0 Å². The van der Waals surface area contributed by atoms with Crippen molar-refractivity contribution >= 4 is 12.6 Å². The lowest BCUT2D eigenvalue weighted by Gasteiger charge is -2.02. The van der Waals surface area contributed by atoms with E-state index in [9.17, 15) is 5.02 Å². The van der Waals surface area contributed by atoms with Crippen LogP contribution in [0.5, 0.6) is 0 Å². The van der Waals surface area contributed by atoms with Crippen LogP contribution < -0.4 is 10.8 Å². The van der Waals surface area contributed by atoms with Crippen LogP contribution in [0.15, 0.2) is 18.2 Å². The second-order valence-corrected chi connectivity index (χ2v) is 3.23. The summed E-state index contributed by atoms with van der Waals surface area (Å²) in [5, 5.41) is 12.4. The van der Waals surface area contributed by atoms with Crippen molar-refractivity contribution in [1.29, 1.82) is 0 Å². The average molecular weight is 177 g/mol. The Hall–Kier alpha value is -0.835. The van der Waals surface area contributed by atoms with Crippen molar-refractivity contribution in [1.82, 2.24) is 5.32 Å². The zero-order chi connectivity index (χ0) is 9.26. The summed E-state index contributed by atoms with van der Waals surface area (Å²) in [7, 11) is 1.19. The largest absolute Gasteiger partial charge is 0.491 e. The Morgan fingerprint density at radius 2 is 2.46 bits per heavy atom. The van der Waals surface area contributed by atoms with Gasteiger partial charge in [-0.3, -0.25) is 0 Å². The highest BCUT2D eigenvalue weighted by atomic mass is 16.5. The summed E-state index contributed by atoms with van der Waals surface area (Å²) in [5.41, 5.74) is 3.22. The van der Waals surface area contributed by atoms with E-state index in [1.807, 2.05) is 19.2 Å². The van der Waals surface area contributed by atoms with Gasteiger partial charge in [0, 0.05) is 6.54 Å². The summed E-state index contributed by atoms with van der Waals surface area (Å²) >= 11 is 0. The quantitative estimate of drug-likeness (QED) is 0.605. The number of rotatable bonds is 2. The van der Waals surface area contributed by atoms with Crippen molar-refractivity contribution in [3.63, 3.8) is 0 Å². The van der Waals surface area contributed by atoms with E-state index >= 15 is 0 Å². The maximum Gasteiger partial charge on any atom is 0.491 e. The van der Waals surface area contributed by atoms with Crippen LogP contribution in [0.1, 0.15) is 11.1 Å². The third-order valence-electron chi connectivity index (χ3n) is 2.25. The van der Waals surface area contributed by atoms with E-state index in [2.05, 4.69) is 11.4 Å². The van der Waals surface area contributed by atoms with Gasteiger partial charge in [0.15, 0.2) is 0 Å². The summed E-state index contributed by atoms with van der Waals surface area (Å²) in [5.74, 6) is 0. The van der Waals surface area contributed by atoms with Crippen LogP contribution in [-0.2, 0) is 17.8 Å². The molecule has 0 saturated heterocycles. The van der Waals surface area contributed by atoms with Crippen molar-refractivity contribution in [3.05, 3.63) is 29.3 Å². The molecule has 2 N–H and O–H groups in total. The molecule has 0 amide bonds. The van der Waals surface area contributed by atoms with E-state index in [0.717, 1.165) is 17.6 Å². The smallest absolute Gasteiger partial charge is 0.423 e. The Bertz CT molecular complexity index is 316. The van der Waals surface area contributed by atoms with Gasteiger partial charge in [-0.05, 0) is 23.6 Å². The van der Waals surface area contributed by atoms with E-state index in [4.69, 9.17) is 4.65 Å². The highest BCUT2D eigenvalue weighted by Crippen LogP contribution is 2.11. The van der Waals surface area contributed by atoms with Gasteiger partial charge < -0.3 is 15.0 Å². The summed E-state index contributed by atoms with van der Waals surface area (Å²) in [6.45, 7) is 1.37. The van der Waals surface area contributed by atoms with Gasteiger partial charge in [0.05, 0.1) is 6.61 Å². The van der Waals surface area contributed by atoms with Crippen molar-refractivity contribution < 1.29 is 9.68 Å². The molecule has 1 heterocycles. The molecule has 2 rings (SSSR count). The monoisotopic (exact) mass is 177 g/mol. The van der Waals surface area contributed by atoms with Gasteiger partial charge in [-0.2, -0.15) is 0 Å². The lowest BCUT2D eigenvalue weighted by atomic mass is 9.79. The van der Waals surface area contributed by atoms with Crippen LogP contribution in [0.25, 0.3) is 0 Å². The molecule has 1 aliphatic heterocycles. The van der Waals surface area contributed by atoms with E-state index in [0.29, 0.717) is 6.61 Å². The molecular formula is C9H12BNO2. The first kappa shape index (κ1) is 8.75. The first-order valence-electron chi connectivity index (χ1n) is 4.37. The predicted molar refractivity (Wildman–Crippen MR) is 51.6 cm³/mol. The maximum absolute atomic E-state index is 9.36. The van der Waals surface area contributed by atoms with E-state index in [1.165, 1.54) is 5.56 Å². The summed E-state index contributed by atoms with van der Waals surface area (Å²) in [6, 6.07) is 6.01. The van der Waals surface area contributed by atoms with Gasteiger partial charge in [0.1, 0.15) is 0 Å². The van der Waals surface area contributed by atoms with Crippen molar-refractivity contribution in [2.45, 2.75) is 13.2 Å². The Balaban J connectivity index is 2.29. The van der Waals surface area contributed by atoms with Gasteiger partial charge in [-0.15, -0.1) is 0 Å². The summed E-state index contributed by atoms with van der Waals surface area (Å²) in [4.78, 5) is 0. The minimum absolute atomic E-state index is 0.522. The standard InChI is InChI=1S/C9H12BNO2/c1-11-5-7-2-3-9-8(4-7)6-13-10(9)12/h2-4,11-12H,5-6H2,1H3. The molecule has 68 valence electrons. The molecule has 0 aliphatic carbocycles. The van der Waals surface area contributed by atoms with Gasteiger partial charge in [0.2, 0.25) is 0 Å². The molecule has 0 spiro atoms. The molecule has 1 aromatic carbocycles. The van der Waals surface area contributed by atoms with Crippen LogP contribution in [0.2, 0.25) is 0 Å². The zero-order valence-corrected chi connectivity index (χ0v) is 7.58. The number of nitrogens with one attached hydrogen (secondary N) is 1. The highest BCUT2D eigenvalue weighted by molar-refractivity contribution is 6.61. The summed E-state index contributed by atoms with van der Waals surface area (Å²) in [6.07, 6.45) is 0. The van der Waals surface area contributed by atoms with Crippen molar-refractivity contribution in [3.8, 4) is 0 Å². The molecule has 4 heteroatoms. The third-order valence-corrected chi connectivity index (χ3v) is 2.25. The molecule has 1 aromatic rings. The minimum atomic E-state index is -0.723. The number of hydrogen-bond donors (Lipinski definition) is 2. The predicted octanol–water partition coefficient (Wildman–Crippen LogP) is -0.376. The number of hydrogen-bond acceptors (Lipinski definition) is 3. The van der Waals surface area contributed by atoms with Crippen molar-refractivity contribution in [2.24, 2.45) is 0 Å². The Morgan fingerprint density at radius 1 is 1.62 bits per heavy atom. The maximum atomic E-state index is 9.36. The molecule has 0 radical (unpaired) electrons. The second kappa shape index (κ2) is 3.50. The zero-order valence-electron chi connectivity index (χ0n) is 7.58. The Labute approximate surface area is 77.9 Å². The first-order chi connectivity index (χ1) is 6.31. The fourth-order valence-electron chi connectivity index (χ4n) is 1.60. The summed E-state index contributed by atoms with van der Waals surface area (Å²) < 4.78 is 5.09. The fourth-order valence-corrected chi connectivity index (χ4v) is 1.60. The molecule has 13 heavy (non-hydrogen) atoms. The molecular weight excluding hydrogens is 165 g/mol. The number of benzene rings is 1. The van der Waals surface area contributed by atoms with Gasteiger partial charge >= 0.3 is 7.12 Å². The Morgan fingerprint density at radius 3 is 3.23 bits per heavy atom. The molecule has 0 atom stereocenters. The van der Waals surface area contributed by atoms with Gasteiger partial charge in [-0.25, -0.2) is 0 Å². The SMILES string of the molecule is CNCc1ccc2c(c1)COB2O. The van der Waals surface area contributed by atoms with E-state index in [1.54, 1.807) is 0 Å². The topological polar surface area (TPSA) is 41.5 Å². The van der Waals surface area contributed by atoms with Crippen LogP contribution in [0.3, 0.4) is 0 Å². The molecule has 0 aromatic heterocycles. The van der Waals surface area contributed by atoms with Crippen LogP contribution in [-0.4, -0.2) is 19.2 Å². The fraction of sp³-hybridized carbons (Fsp3) is 0.333. The molecule has 0 bridgehead atoms. The highest BCUT2D eigenvalue weighted by Gasteiger charge is 2.26. The van der Waals surface area contributed by atoms with Crippen LogP contribution >= 0.6 is 0 Å². The Kier molecular flexibility index (Phi) is 2.35. The van der Waals surface area contributed by atoms with Crippen molar-refractivity contribution in [2.75, 3.05) is 7.05 Å². The van der Waals surface area contributed by atoms with Crippen LogP contribution in [0, 0.1) is 0 Å². The number of fused-ring (bicyclic) bond motifs is 1. The molecule has 0 saturated carbocycles. The first-order valence-corrected chi connectivity index (χ1v) is 4.37. The second-order valence-electron chi connectivity index (χ2n) is 3.23. The average Bonchev–Trinajstić information content (AvgIpc) is 2.48. The van der Waals surface area contributed by atoms with Gasteiger partial charge in [-0.1, -0.05) is 18.2 Å². The normalized spacial score (nSPS) is 14.8. The lowest BCUT2D eigenvalue weighted by Crippen LogP contribution is -2.28. The minimum Gasteiger partial charge on any atom is -0.423 e. The molecule has 0 unspecified atom stereocenters. The lowest BCUT2D eigenvalue weighted by molar-refractivity contribution is 0.275. The van der Waals surface area contributed by atoms with E-state index in [-0.39, 0.29) is 0 Å². The van der Waals surface area contributed by atoms with E-state index < -0.39 is 7.12 Å². The van der Waals surface area contributed by atoms with Crippen LogP contribution in [0.4, 0.5) is 0 Å².